The Balaban J connectivity index is 1.50. The number of nitrogens with zero attached hydrogens (tertiary/aromatic N) is 2. The Morgan fingerprint density at radius 3 is 2.41 bits per heavy atom. The van der Waals surface area contributed by atoms with Crippen LogP contribution in [-0.2, 0) is 17.9 Å². The van der Waals surface area contributed by atoms with Gasteiger partial charge in [-0.15, -0.1) is 0 Å². The van der Waals surface area contributed by atoms with Crippen molar-refractivity contribution in [2.24, 2.45) is 0 Å². The zero-order chi connectivity index (χ0) is 19.1. The second-order valence-electron chi connectivity index (χ2n) is 5.94. The van der Waals surface area contributed by atoms with Crippen LogP contribution >= 0.6 is 11.6 Å². The Hall–Kier alpha value is -3.12. The molecule has 0 atom stereocenters. The van der Waals surface area contributed by atoms with Crippen LogP contribution < -0.4 is 10.6 Å². The first-order valence-corrected chi connectivity index (χ1v) is 8.84. The fraction of sp³-hybridized carbons (Fsp3) is 0.150. The van der Waals surface area contributed by atoms with E-state index in [9.17, 15) is 9.59 Å². The summed E-state index contributed by atoms with van der Waals surface area (Å²) in [7, 11) is 0. The van der Waals surface area contributed by atoms with Gasteiger partial charge in [0.2, 0.25) is 5.91 Å². The summed E-state index contributed by atoms with van der Waals surface area (Å²) in [5, 5.41) is 10.2. The number of halogens is 1. The van der Waals surface area contributed by atoms with Gasteiger partial charge in [0.25, 0.3) is 5.91 Å². The Bertz CT molecular complexity index is 908. The predicted octanol–water partition coefficient (Wildman–Crippen LogP) is 2.63. The van der Waals surface area contributed by atoms with Crippen LogP contribution in [0.25, 0.3) is 0 Å². The fourth-order valence-corrected chi connectivity index (χ4v) is 2.70. The molecule has 7 heteroatoms. The highest BCUT2D eigenvalue weighted by atomic mass is 35.5. The third-order valence-corrected chi connectivity index (χ3v) is 4.25. The maximum Gasteiger partial charge on any atom is 0.251 e. The van der Waals surface area contributed by atoms with E-state index in [1.54, 1.807) is 30.5 Å². The lowest BCUT2D eigenvalue weighted by Gasteiger charge is -2.11. The summed E-state index contributed by atoms with van der Waals surface area (Å²) in [6, 6.07) is 16.2. The summed E-state index contributed by atoms with van der Waals surface area (Å²) in [4.78, 5) is 24.1. The minimum atomic E-state index is -0.319. The number of amides is 2. The van der Waals surface area contributed by atoms with E-state index in [2.05, 4.69) is 15.7 Å². The summed E-state index contributed by atoms with van der Waals surface area (Å²) >= 11 is 5.80. The zero-order valence-electron chi connectivity index (χ0n) is 14.6. The highest BCUT2D eigenvalue weighted by Crippen LogP contribution is 2.11. The molecule has 0 spiro atoms. The molecule has 2 amide bonds. The molecule has 138 valence electrons. The Morgan fingerprint density at radius 1 is 0.963 bits per heavy atom. The van der Waals surface area contributed by atoms with Crippen molar-refractivity contribution in [3.8, 4) is 0 Å². The van der Waals surface area contributed by atoms with Crippen molar-refractivity contribution in [1.29, 1.82) is 0 Å². The minimum absolute atomic E-state index is 0.0945. The number of benzene rings is 2. The molecule has 2 aromatic carbocycles. The number of aromatic nitrogens is 2. The van der Waals surface area contributed by atoms with Gasteiger partial charge in [-0.3, -0.25) is 14.3 Å². The van der Waals surface area contributed by atoms with E-state index in [-0.39, 0.29) is 18.4 Å². The van der Waals surface area contributed by atoms with Crippen molar-refractivity contribution < 1.29 is 9.59 Å². The first-order chi connectivity index (χ1) is 13.1. The van der Waals surface area contributed by atoms with Crippen LogP contribution in [0.5, 0.6) is 0 Å². The van der Waals surface area contributed by atoms with Gasteiger partial charge < -0.3 is 10.6 Å². The summed E-state index contributed by atoms with van der Waals surface area (Å²) in [5.41, 5.74) is 2.54. The molecule has 6 nitrogen and oxygen atoms in total. The third-order valence-electron chi connectivity index (χ3n) is 4.00. The highest BCUT2D eigenvalue weighted by molar-refractivity contribution is 6.30. The maximum atomic E-state index is 12.1. The van der Waals surface area contributed by atoms with Crippen LogP contribution in [0.4, 0.5) is 0 Å². The van der Waals surface area contributed by atoms with Crippen molar-refractivity contribution in [1.82, 2.24) is 20.4 Å². The van der Waals surface area contributed by atoms with Gasteiger partial charge in [0.15, 0.2) is 0 Å². The van der Waals surface area contributed by atoms with Crippen LogP contribution in [0, 0.1) is 0 Å². The Kier molecular flexibility index (Phi) is 6.22. The van der Waals surface area contributed by atoms with Gasteiger partial charge in [-0.25, -0.2) is 0 Å². The number of hydrogen-bond donors (Lipinski definition) is 2. The number of rotatable bonds is 7. The van der Waals surface area contributed by atoms with E-state index < -0.39 is 0 Å². The Morgan fingerprint density at radius 2 is 1.70 bits per heavy atom. The number of carbonyl (C=O) groups is 2. The molecule has 0 unspecified atom stereocenters. The summed E-state index contributed by atoms with van der Waals surface area (Å²) < 4.78 is 1.83. The van der Waals surface area contributed by atoms with Crippen molar-refractivity contribution >= 4 is 23.4 Å². The average Bonchev–Trinajstić information content (AvgIpc) is 3.19. The van der Waals surface area contributed by atoms with Gasteiger partial charge >= 0.3 is 0 Å². The van der Waals surface area contributed by atoms with E-state index in [1.165, 1.54) is 0 Å². The smallest absolute Gasteiger partial charge is 0.251 e. The molecule has 0 aliphatic carbocycles. The SMILES string of the molecule is O=C(CNC(=O)c1ccc(Cl)cc1)NCc1ccccc1Cn1cccn1. The largest absolute Gasteiger partial charge is 0.350 e. The molecule has 0 radical (unpaired) electrons. The van der Waals surface area contributed by atoms with Gasteiger partial charge in [0, 0.05) is 29.5 Å². The third kappa shape index (κ3) is 5.43. The topological polar surface area (TPSA) is 76.0 Å². The van der Waals surface area contributed by atoms with E-state index in [0.29, 0.717) is 23.7 Å². The molecule has 0 saturated carbocycles. The van der Waals surface area contributed by atoms with Crippen molar-refractivity contribution in [3.63, 3.8) is 0 Å². The van der Waals surface area contributed by atoms with Gasteiger partial charge in [-0.05, 0) is 41.5 Å². The predicted molar refractivity (Wildman–Crippen MR) is 103 cm³/mol. The molecule has 1 aromatic heterocycles. The van der Waals surface area contributed by atoms with Crippen LogP contribution in [0.2, 0.25) is 5.02 Å². The molecule has 27 heavy (non-hydrogen) atoms. The quantitative estimate of drug-likeness (QED) is 0.659. The van der Waals surface area contributed by atoms with E-state index >= 15 is 0 Å². The molecule has 0 aliphatic rings. The first kappa shape index (κ1) is 18.7. The van der Waals surface area contributed by atoms with E-state index in [1.807, 2.05) is 41.2 Å². The molecule has 1 heterocycles. The number of nitrogens with one attached hydrogen (secondary N) is 2. The molecule has 0 aliphatic heterocycles. The molecule has 2 N–H and O–H groups in total. The van der Waals surface area contributed by atoms with Gasteiger partial charge in [-0.2, -0.15) is 5.10 Å². The van der Waals surface area contributed by atoms with Crippen molar-refractivity contribution in [2.75, 3.05) is 6.54 Å². The lowest BCUT2D eigenvalue weighted by molar-refractivity contribution is -0.120. The molecular formula is C20H19ClN4O2. The van der Waals surface area contributed by atoms with E-state index in [4.69, 9.17) is 11.6 Å². The van der Waals surface area contributed by atoms with E-state index in [0.717, 1.165) is 11.1 Å². The number of carbonyl (C=O) groups excluding carboxylic acids is 2. The Labute approximate surface area is 162 Å². The van der Waals surface area contributed by atoms with Crippen LogP contribution in [0.1, 0.15) is 21.5 Å². The molecule has 0 bridgehead atoms. The van der Waals surface area contributed by atoms with Crippen molar-refractivity contribution in [2.45, 2.75) is 13.1 Å². The lowest BCUT2D eigenvalue weighted by atomic mass is 10.1. The second kappa shape index (κ2) is 9.00. The minimum Gasteiger partial charge on any atom is -0.350 e. The zero-order valence-corrected chi connectivity index (χ0v) is 15.3. The first-order valence-electron chi connectivity index (χ1n) is 8.46. The normalized spacial score (nSPS) is 10.4. The molecular weight excluding hydrogens is 364 g/mol. The molecule has 3 aromatic rings. The molecule has 0 saturated heterocycles. The summed E-state index contributed by atoms with van der Waals surface area (Å²) in [6.07, 6.45) is 3.62. The average molecular weight is 383 g/mol. The van der Waals surface area contributed by atoms with Crippen LogP contribution in [0.3, 0.4) is 0 Å². The fourth-order valence-electron chi connectivity index (χ4n) is 2.57. The summed E-state index contributed by atoms with van der Waals surface area (Å²) in [6.45, 7) is 0.919. The highest BCUT2D eigenvalue weighted by Gasteiger charge is 2.09. The van der Waals surface area contributed by atoms with Gasteiger partial charge in [0.1, 0.15) is 0 Å². The lowest BCUT2D eigenvalue weighted by Crippen LogP contribution is -2.36. The summed E-state index contributed by atoms with van der Waals surface area (Å²) in [5.74, 6) is -0.577. The van der Waals surface area contributed by atoms with Crippen LogP contribution in [0.15, 0.2) is 67.0 Å². The van der Waals surface area contributed by atoms with Crippen molar-refractivity contribution in [3.05, 3.63) is 88.7 Å². The monoisotopic (exact) mass is 382 g/mol. The second-order valence-corrected chi connectivity index (χ2v) is 6.38. The maximum absolute atomic E-state index is 12.1. The molecule has 0 fully saturated rings. The van der Waals surface area contributed by atoms with Crippen LogP contribution in [-0.4, -0.2) is 28.1 Å². The van der Waals surface area contributed by atoms with Gasteiger partial charge in [-0.1, -0.05) is 35.9 Å². The van der Waals surface area contributed by atoms with Gasteiger partial charge in [0.05, 0.1) is 13.1 Å². The number of hydrogen-bond acceptors (Lipinski definition) is 3. The standard InChI is InChI=1S/C20H19ClN4O2/c21-18-8-6-15(7-9-18)20(27)23-13-19(26)22-12-16-4-1-2-5-17(16)14-25-11-3-10-24-25/h1-11H,12-14H2,(H,22,26)(H,23,27). The molecule has 3 rings (SSSR count).